The molecule has 2 aromatic heterocycles. The minimum Gasteiger partial charge on any atom is -0.453 e. The highest BCUT2D eigenvalue weighted by Gasteiger charge is 2.27. The van der Waals surface area contributed by atoms with Crippen LogP contribution in [0.5, 0.6) is 0 Å². The van der Waals surface area contributed by atoms with Crippen molar-refractivity contribution in [1.82, 2.24) is 23.6 Å². The van der Waals surface area contributed by atoms with Gasteiger partial charge in [-0.15, -0.1) is 0 Å². The third-order valence-electron chi connectivity index (χ3n) is 5.22. The molecule has 170 valence electrons. The summed E-state index contributed by atoms with van der Waals surface area (Å²) in [6, 6.07) is 7.34. The van der Waals surface area contributed by atoms with E-state index in [9.17, 15) is 18.0 Å². The number of sulfonamides is 1. The first-order valence-corrected chi connectivity index (χ1v) is 11.5. The molecular formula is C20H23N5O6S. The van der Waals surface area contributed by atoms with Gasteiger partial charge in [-0.05, 0) is 31.2 Å². The molecule has 3 aromatic rings. The Bertz CT molecular complexity index is 1320. The van der Waals surface area contributed by atoms with Crippen molar-refractivity contribution < 1.29 is 22.7 Å². The minimum absolute atomic E-state index is 0.00477. The first kappa shape index (κ1) is 22.1. The molecule has 0 aliphatic carbocycles. The molecular weight excluding hydrogens is 438 g/mol. The number of aryl methyl sites for hydroxylation is 2. The molecule has 0 radical (unpaired) electrons. The van der Waals surface area contributed by atoms with Crippen LogP contribution in [-0.2, 0) is 39.7 Å². The molecule has 0 bridgehead atoms. The molecule has 1 aliphatic heterocycles. The predicted molar refractivity (Wildman–Crippen MR) is 114 cm³/mol. The number of benzene rings is 1. The lowest BCUT2D eigenvalue weighted by molar-refractivity contribution is 0.0448. The van der Waals surface area contributed by atoms with Crippen molar-refractivity contribution in [2.45, 2.75) is 25.0 Å². The van der Waals surface area contributed by atoms with Crippen LogP contribution in [0.4, 0.5) is 0 Å². The molecule has 32 heavy (non-hydrogen) atoms. The maximum atomic E-state index is 13.0. The van der Waals surface area contributed by atoms with E-state index >= 15 is 0 Å². The van der Waals surface area contributed by atoms with Crippen LogP contribution in [-0.4, -0.2) is 64.3 Å². The summed E-state index contributed by atoms with van der Waals surface area (Å²) in [5.74, 6) is -0.215. The third-order valence-corrected chi connectivity index (χ3v) is 7.12. The quantitative estimate of drug-likeness (QED) is 0.487. The highest BCUT2D eigenvalue weighted by molar-refractivity contribution is 7.89. The Morgan fingerprint density at radius 1 is 1.19 bits per heavy atom. The molecule has 0 spiro atoms. The summed E-state index contributed by atoms with van der Waals surface area (Å²) in [6.45, 7) is 3.69. The summed E-state index contributed by atoms with van der Waals surface area (Å²) < 4.78 is 40.8. The largest absolute Gasteiger partial charge is 0.453 e. The molecule has 11 nitrogen and oxygen atoms in total. The van der Waals surface area contributed by atoms with Gasteiger partial charge in [-0.25, -0.2) is 22.9 Å². The molecule has 1 aliphatic rings. The number of morpholine rings is 1. The van der Waals surface area contributed by atoms with Gasteiger partial charge in [-0.1, -0.05) is 0 Å². The number of esters is 1. The molecule has 0 saturated carbocycles. The molecule has 1 saturated heterocycles. The molecule has 1 fully saturated rings. The van der Waals surface area contributed by atoms with Gasteiger partial charge in [0.2, 0.25) is 10.0 Å². The summed E-state index contributed by atoms with van der Waals surface area (Å²) >= 11 is 0. The lowest BCUT2D eigenvalue weighted by atomic mass is 10.3. The van der Waals surface area contributed by atoms with Crippen molar-refractivity contribution in [3.63, 3.8) is 0 Å². The van der Waals surface area contributed by atoms with E-state index in [1.54, 1.807) is 12.1 Å². The number of carbonyl (C=O) groups is 1. The number of carbonyl (C=O) groups excluding carboxylic acids is 1. The van der Waals surface area contributed by atoms with Crippen LogP contribution in [0.15, 0.2) is 40.0 Å². The van der Waals surface area contributed by atoms with Crippen molar-refractivity contribution in [3.05, 3.63) is 52.2 Å². The topological polar surface area (TPSA) is 126 Å². The summed E-state index contributed by atoms with van der Waals surface area (Å²) in [5.41, 5.74) is 0.898. The van der Waals surface area contributed by atoms with Gasteiger partial charge < -0.3 is 14.0 Å². The maximum absolute atomic E-state index is 13.0. The van der Waals surface area contributed by atoms with Crippen LogP contribution < -0.4 is 5.56 Å². The Morgan fingerprint density at radius 3 is 2.62 bits per heavy atom. The van der Waals surface area contributed by atoms with Crippen LogP contribution in [0, 0.1) is 0 Å². The van der Waals surface area contributed by atoms with E-state index in [1.807, 2.05) is 11.5 Å². The molecule has 0 atom stereocenters. The number of hydrogen-bond donors (Lipinski definition) is 0. The normalized spacial score (nSPS) is 15.2. The number of fused-ring (bicyclic) bond motifs is 1. The zero-order valence-electron chi connectivity index (χ0n) is 17.7. The fraction of sp³-hybridized carbons (Fsp3) is 0.400. The van der Waals surface area contributed by atoms with Crippen LogP contribution >= 0.6 is 0 Å². The average molecular weight is 462 g/mol. The van der Waals surface area contributed by atoms with Crippen molar-refractivity contribution in [2.75, 3.05) is 26.3 Å². The van der Waals surface area contributed by atoms with Gasteiger partial charge in [0.1, 0.15) is 12.4 Å². The van der Waals surface area contributed by atoms with Crippen molar-refractivity contribution in [2.24, 2.45) is 7.05 Å². The number of ether oxygens (including phenoxy) is 2. The van der Waals surface area contributed by atoms with Gasteiger partial charge >= 0.3 is 5.97 Å². The van der Waals surface area contributed by atoms with Gasteiger partial charge in [0, 0.05) is 32.7 Å². The molecule has 0 N–H and O–H groups in total. The van der Waals surface area contributed by atoms with E-state index in [1.165, 1.54) is 29.6 Å². The summed E-state index contributed by atoms with van der Waals surface area (Å²) in [6.07, 6.45) is 0. The van der Waals surface area contributed by atoms with E-state index < -0.39 is 16.0 Å². The monoisotopic (exact) mass is 461 g/mol. The molecule has 0 amide bonds. The van der Waals surface area contributed by atoms with E-state index in [0.29, 0.717) is 44.2 Å². The van der Waals surface area contributed by atoms with Crippen LogP contribution in [0.2, 0.25) is 0 Å². The van der Waals surface area contributed by atoms with Gasteiger partial charge in [0.25, 0.3) is 5.56 Å². The zero-order chi connectivity index (χ0) is 22.9. The van der Waals surface area contributed by atoms with Crippen LogP contribution in [0.1, 0.15) is 23.2 Å². The van der Waals surface area contributed by atoms with Crippen molar-refractivity contribution in [1.29, 1.82) is 0 Å². The Balaban J connectivity index is 1.59. The van der Waals surface area contributed by atoms with E-state index in [0.717, 1.165) is 10.2 Å². The Labute approximate surface area is 184 Å². The smallest absolute Gasteiger partial charge is 0.359 e. The van der Waals surface area contributed by atoms with E-state index in [4.69, 9.17) is 9.47 Å². The van der Waals surface area contributed by atoms with Crippen LogP contribution in [0.25, 0.3) is 11.0 Å². The van der Waals surface area contributed by atoms with E-state index in [2.05, 4.69) is 10.1 Å². The lowest BCUT2D eigenvalue weighted by Crippen LogP contribution is -2.40. The number of rotatable bonds is 6. The Morgan fingerprint density at radius 2 is 1.94 bits per heavy atom. The van der Waals surface area contributed by atoms with Crippen molar-refractivity contribution in [3.8, 4) is 0 Å². The number of hydrogen-bond acceptors (Lipinski definition) is 8. The molecule has 4 rings (SSSR count). The third kappa shape index (κ3) is 4.16. The fourth-order valence-electron chi connectivity index (χ4n) is 3.53. The van der Waals surface area contributed by atoms with Crippen LogP contribution in [0.3, 0.4) is 0 Å². The summed E-state index contributed by atoms with van der Waals surface area (Å²) in [4.78, 5) is 28.4. The first-order valence-electron chi connectivity index (χ1n) is 10.1. The summed E-state index contributed by atoms with van der Waals surface area (Å²) in [5, 5.41) is 3.88. The standard InChI is InChI=1S/C20H23N5O6S/c1-3-25-17-6-4-14(32(28,29)24-8-10-30-11-9-24)12-16(17)21-18(25)13-31-20(27)15-5-7-19(26)23(2)22-15/h4-7,12H,3,8-11,13H2,1-2H3. The van der Waals surface area contributed by atoms with Crippen molar-refractivity contribution >= 4 is 27.0 Å². The predicted octanol–water partition coefficient (Wildman–Crippen LogP) is 0.528. The molecule has 3 heterocycles. The molecule has 12 heteroatoms. The average Bonchev–Trinajstić information content (AvgIpc) is 3.16. The Hall–Kier alpha value is -3.09. The van der Waals surface area contributed by atoms with Gasteiger partial charge in [0.15, 0.2) is 5.69 Å². The van der Waals surface area contributed by atoms with Gasteiger partial charge in [-0.3, -0.25) is 4.79 Å². The number of nitrogens with zero attached hydrogens (tertiary/aromatic N) is 5. The fourth-order valence-corrected chi connectivity index (χ4v) is 4.96. The lowest BCUT2D eigenvalue weighted by Gasteiger charge is -2.26. The minimum atomic E-state index is -3.65. The van der Waals surface area contributed by atoms with Gasteiger partial charge in [0.05, 0.1) is 29.1 Å². The second-order valence-corrected chi connectivity index (χ2v) is 9.13. The van der Waals surface area contributed by atoms with E-state index in [-0.39, 0.29) is 22.8 Å². The first-order chi connectivity index (χ1) is 15.3. The van der Waals surface area contributed by atoms with Gasteiger partial charge in [-0.2, -0.15) is 9.40 Å². The number of aromatic nitrogens is 4. The number of imidazole rings is 1. The highest BCUT2D eigenvalue weighted by atomic mass is 32.2. The molecule has 1 aromatic carbocycles. The molecule has 0 unspecified atom stereocenters. The SMILES string of the molecule is CCn1c(COC(=O)c2ccc(=O)n(C)n2)nc2cc(S(=O)(=O)N3CCOCC3)ccc21. The second-order valence-electron chi connectivity index (χ2n) is 7.20. The maximum Gasteiger partial charge on any atom is 0.359 e. The second kappa shape index (κ2) is 8.81. The summed E-state index contributed by atoms with van der Waals surface area (Å²) in [7, 11) is -2.21. The zero-order valence-corrected chi connectivity index (χ0v) is 18.5. The highest BCUT2D eigenvalue weighted by Crippen LogP contribution is 2.24. The Kier molecular flexibility index (Phi) is 6.09.